The van der Waals surface area contributed by atoms with Crippen LogP contribution in [0.4, 0.5) is 5.69 Å². The Kier molecular flexibility index (Phi) is 4.85. The first-order chi connectivity index (χ1) is 8.10. The van der Waals surface area contributed by atoms with E-state index in [1.54, 1.807) is 0 Å². The average Bonchev–Trinajstić information content (AvgIpc) is 2.34. The van der Waals surface area contributed by atoms with E-state index < -0.39 is 10.9 Å². The number of hydrogen-bond donors (Lipinski definition) is 1. The first-order valence-electron chi connectivity index (χ1n) is 4.57. The van der Waals surface area contributed by atoms with E-state index in [1.165, 1.54) is 19.2 Å². The van der Waals surface area contributed by atoms with Crippen LogP contribution in [0.1, 0.15) is 10.5 Å². The zero-order valence-electron chi connectivity index (χ0n) is 8.95. The van der Waals surface area contributed by atoms with Crippen LogP contribution in [0.3, 0.4) is 0 Å². The predicted molar refractivity (Wildman–Crippen MR) is 60.0 cm³/mol. The average molecular weight is 258 g/mol. The molecule has 7 nitrogen and oxygen atoms in total. The highest BCUT2D eigenvalue weighted by molar-refractivity contribution is 7.99. The molecule has 0 aliphatic heterocycles. The fraction of sp³-hybridized carbons (Fsp3) is 0.333. The van der Waals surface area contributed by atoms with Crippen LogP contribution in [0.2, 0.25) is 0 Å². The van der Waals surface area contributed by atoms with E-state index in [-0.39, 0.29) is 28.8 Å². The summed E-state index contributed by atoms with van der Waals surface area (Å²) >= 11 is 1.01. The molecule has 0 aromatic carbocycles. The molecule has 0 saturated heterocycles. The molecule has 92 valence electrons. The number of aromatic nitrogens is 1. The summed E-state index contributed by atoms with van der Waals surface area (Å²) in [7, 11) is 1.20. The lowest BCUT2D eigenvalue weighted by Crippen LogP contribution is -2.06. The molecule has 1 aromatic heterocycles. The Hall–Kier alpha value is -1.67. The van der Waals surface area contributed by atoms with Gasteiger partial charge in [0.05, 0.1) is 18.6 Å². The lowest BCUT2D eigenvalue weighted by Gasteiger charge is -2.03. The monoisotopic (exact) mass is 258 g/mol. The number of pyridine rings is 1. The highest BCUT2D eigenvalue weighted by Gasteiger charge is 2.19. The van der Waals surface area contributed by atoms with Crippen molar-refractivity contribution in [1.29, 1.82) is 0 Å². The molecule has 0 bridgehead atoms. The number of nitro groups is 1. The molecule has 1 aromatic rings. The van der Waals surface area contributed by atoms with Crippen molar-refractivity contribution in [2.45, 2.75) is 5.03 Å². The van der Waals surface area contributed by atoms with Crippen molar-refractivity contribution >= 4 is 23.4 Å². The quantitative estimate of drug-likeness (QED) is 0.361. The summed E-state index contributed by atoms with van der Waals surface area (Å²) in [5, 5.41) is 19.5. The van der Waals surface area contributed by atoms with Gasteiger partial charge in [-0.3, -0.25) is 10.1 Å². The first kappa shape index (κ1) is 13.4. The fourth-order valence-electron chi connectivity index (χ4n) is 1.04. The molecule has 0 radical (unpaired) electrons. The summed E-state index contributed by atoms with van der Waals surface area (Å²) in [6.45, 7) is -0.133. The van der Waals surface area contributed by atoms with E-state index >= 15 is 0 Å². The van der Waals surface area contributed by atoms with E-state index in [4.69, 9.17) is 5.11 Å². The molecule has 0 saturated carbocycles. The topological polar surface area (TPSA) is 103 Å². The standard InChI is InChI=1S/C9H10N2O5S/c1-16-9(13)6-2-3-7(11(14)15)8(10-6)17-5-4-12/h2-3,12H,4-5H2,1H3. The number of nitrogens with zero attached hydrogens (tertiary/aromatic N) is 2. The van der Waals surface area contributed by atoms with Gasteiger partial charge >= 0.3 is 11.7 Å². The molecule has 0 amide bonds. The molecule has 8 heteroatoms. The van der Waals surface area contributed by atoms with Gasteiger partial charge in [-0.15, -0.1) is 0 Å². The van der Waals surface area contributed by atoms with Gasteiger partial charge < -0.3 is 9.84 Å². The maximum absolute atomic E-state index is 11.2. The van der Waals surface area contributed by atoms with E-state index in [2.05, 4.69) is 9.72 Å². The second kappa shape index (κ2) is 6.16. The van der Waals surface area contributed by atoms with Crippen molar-refractivity contribution in [3.63, 3.8) is 0 Å². The van der Waals surface area contributed by atoms with Gasteiger partial charge in [0, 0.05) is 11.8 Å². The molecule has 1 N–H and O–H groups in total. The number of carbonyl (C=O) groups excluding carboxylic acids is 1. The van der Waals surface area contributed by atoms with Gasteiger partial charge in [-0.2, -0.15) is 0 Å². The zero-order chi connectivity index (χ0) is 12.8. The maximum Gasteiger partial charge on any atom is 0.356 e. The molecule has 0 aliphatic rings. The second-order valence-electron chi connectivity index (χ2n) is 2.84. The fourth-order valence-corrected chi connectivity index (χ4v) is 1.78. The van der Waals surface area contributed by atoms with Crippen LogP contribution < -0.4 is 0 Å². The number of aliphatic hydroxyl groups excluding tert-OH is 1. The third-order valence-electron chi connectivity index (χ3n) is 1.76. The van der Waals surface area contributed by atoms with Gasteiger partial charge in [0.1, 0.15) is 5.69 Å². The molecule has 0 spiro atoms. The molecule has 1 rings (SSSR count). The Balaban J connectivity index is 3.09. The Morgan fingerprint density at radius 1 is 1.65 bits per heavy atom. The number of esters is 1. The zero-order valence-corrected chi connectivity index (χ0v) is 9.77. The van der Waals surface area contributed by atoms with Gasteiger partial charge in [-0.05, 0) is 6.07 Å². The predicted octanol–water partition coefficient (Wildman–Crippen LogP) is 0.861. The Bertz CT molecular complexity index is 437. The first-order valence-corrected chi connectivity index (χ1v) is 5.56. The number of rotatable bonds is 5. The van der Waals surface area contributed by atoms with Crippen molar-refractivity contribution < 1.29 is 19.6 Å². The van der Waals surface area contributed by atoms with Gasteiger partial charge in [-0.1, -0.05) is 11.8 Å². The molecule has 0 atom stereocenters. The van der Waals surface area contributed by atoms with Crippen LogP contribution >= 0.6 is 11.8 Å². The van der Waals surface area contributed by atoms with Crippen LogP contribution in [0, 0.1) is 10.1 Å². The minimum atomic E-state index is -0.661. The molecule has 0 fully saturated rings. The number of ether oxygens (including phenoxy) is 1. The summed E-state index contributed by atoms with van der Waals surface area (Å²) in [4.78, 5) is 25.2. The normalized spacial score (nSPS) is 10.0. The summed E-state index contributed by atoms with van der Waals surface area (Å²) in [6, 6.07) is 2.42. The summed E-state index contributed by atoms with van der Waals surface area (Å²) in [5.41, 5.74) is -0.199. The van der Waals surface area contributed by atoms with E-state index in [9.17, 15) is 14.9 Å². The van der Waals surface area contributed by atoms with Crippen molar-refractivity contribution in [3.05, 3.63) is 27.9 Å². The van der Waals surface area contributed by atoms with Gasteiger partial charge in [0.2, 0.25) is 0 Å². The molecular formula is C9H10N2O5S. The van der Waals surface area contributed by atoms with Crippen LogP contribution in [-0.2, 0) is 4.74 Å². The van der Waals surface area contributed by atoms with Crippen LogP contribution in [-0.4, -0.2) is 40.5 Å². The summed E-state index contributed by atoms with van der Waals surface area (Å²) < 4.78 is 4.47. The van der Waals surface area contributed by atoms with Crippen LogP contribution in [0.5, 0.6) is 0 Å². The summed E-state index contributed by atoms with van der Waals surface area (Å²) in [6.07, 6.45) is 0. The van der Waals surface area contributed by atoms with E-state index in [0.29, 0.717) is 0 Å². The number of aliphatic hydroxyl groups is 1. The van der Waals surface area contributed by atoms with Crippen molar-refractivity contribution in [2.24, 2.45) is 0 Å². The third kappa shape index (κ3) is 3.40. The van der Waals surface area contributed by atoms with Crippen molar-refractivity contribution in [3.8, 4) is 0 Å². The largest absolute Gasteiger partial charge is 0.464 e. The lowest BCUT2D eigenvalue weighted by molar-refractivity contribution is -0.388. The lowest BCUT2D eigenvalue weighted by atomic mass is 10.3. The molecule has 1 heterocycles. The number of methoxy groups -OCH3 is 1. The van der Waals surface area contributed by atoms with Crippen molar-refractivity contribution in [1.82, 2.24) is 4.98 Å². The van der Waals surface area contributed by atoms with E-state index in [0.717, 1.165) is 11.8 Å². The second-order valence-corrected chi connectivity index (χ2v) is 3.93. The summed E-state index contributed by atoms with van der Waals surface area (Å²) in [5.74, 6) is -0.399. The SMILES string of the molecule is COC(=O)c1ccc([N+](=O)[O-])c(SCCO)n1. The van der Waals surface area contributed by atoms with Gasteiger partial charge in [0.25, 0.3) is 0 Å². The Morgan fingerprint density at radius 3 is 2.88 bits per heavy atom. The highest BCUT2D eigenvalue weighted by atomic mass is 32.2. The van der Waals surface area contributed by atoms with Crippen LogP contribution in [0.25, 0.3) is 0 Å². The molecule has 0 unspecified atom stereocenters. The molecule has 17 heavy (non-hydrogen) atoms. The van der Waals surface area contributed by atoms with Crippen LogP contribution in [0.15, 0.2) is 17.2 Å². The molecular weight excluding hydrogens is 248 g/mol. The van der Waals surface area contributed by atoms with Gasteiger partial charge in [-0.25, -0.2) is 9.78 Å². The van der Waals surface area contributed by atoms with Crippen molar-refractivity contribution in [2.75, 3.05) is 19.5 Å². The van der Waals surface area contributed by atoms with Gasteiger partial charge in [0.15, 0.2) is 5.03 Å². The van der Waals surface area contributed by atoms with E-state index in [1.807, 2.05) is 0 Å². The molecule has 0 aliphatic carbocycles. The minimum absolute atomic E-state index is 0.00135. The maximum atomic E-state index is 11.2. The Labute approximate surface area is 101 Å². The minimum Gasteiger partial charge on any atom is -0.464 e. The number of hydrogen-bond acceptors (Lipinski definition) is 7. The number of thioether (sulfide) groups is 1. The number of carbonyl (C=O) groups is 1. The highest BCUT2D eigenvalue weighted by Crippen LogP contribution is 2.27. The Morgan fingerprint density at radius 2 is 2.35 bits per heavy atom. The third-order valence-corrected chi connectivity index (χ3v) is 2.72. The smallest absolute Gasteiger partial charge is 0.356 e.